The molecule has 4 aromatic rings. The van der Waals surface area contributed by atoms with Crippen LogP contribution in [-0.2, 0) is 0 Å². The van der Waals surface area contributed by atoms with Crippen LogP contribution in [0.3, 0.4) is 0 Å². The number of benzene rings is 2. The fraction of sp³-hybridized carbons (Fsp3) is 0.0588. The molecule has 22 heavy (non-hydrogen) atoms. The van der Waals surface area contributed by atoms with Gasteiger partial charge in [-0.05, 0) is 37.3 Å². The number of hydrogen-bond donors (Lipinski definition) is 0. The van der Waals surface area contributed by atoms with Gasteiger partial charge in [-0.25, -0.2) is 0 Å². The minimum atomic E-state index is -0.0581. The first-order valence-corrected chi connectivity index (χ1v) is 7.61. The first kappa shape index (κ1) is 13.3. The molecule has 0 atom stereocenters. The summed E-state index contributed by atoms with van der Waals surface area (Å²) in [7, 11) is 0. The van der Waals surface area contributed by atoms with Crippen LogP contribution in [0.4, 0.5) is 0 Å². The van der Waals surface area contributed by atoms with Crippen LogP contribution in [0.5, 0.6) is 0 Å². The van der Waals surface area contributed by atoms with Gasteiger partial charge in [-0.3, -0.25) is 4.79 Å². The Labute approximate surface area is 134 Å². The monoisotopic (exact) mass is 354 g/mol. The van der Waals surface area contributed by atoms with Crippen molar-refractivity contribution >= 4 is 38.0 Å². The largest absolute Gasteiger partial charge is 0.437 e. The van der Waals surface area contributed by atoms with Gasteiger partial charge in [0.1, 0.15) is 11.0 Å². The van der Waals surface area contributed by atoms with Gasteiger partial charge in [-0.15, -0.1) is 0 Å². The van der Waals surface area contributed by atoms with Crippen LogP contribution < -0.4 is 5.43 Å². The number of para-hydroxylation sites is 1. The fourth-order valence-electron chi connectivity index (χ4n) is 2.61. The van der Waals surface area contributed by atoms with E-state index in [0.29, 0.717) is 27.8 Å². The average Bonchev–Trinajstić information content (AvgIpc) is 2.86. The van der Waals surface area contributed by atoms with Crippen molar-refractivity contribution in [2.75, 3.05) is 0 Å². The van der Waals surface area contributed by atoms with Crippen molar-refractivity contribution in [3.05, 3.63) is 68.9 Å². The van der Waals surface area contributed by atoms with E-state index in [1.54, 1.807) is 16.8 Å². The van der Waals surface area contributed by atoms with E-state index in [9.17, 15) is 4.79 Å². The van der Waals surface area contributed by atoms with Gasteiger partial charge >= 0.3 is 0 Å². The Morgan fingerprint density at radius 2 is 1.91 bits per heavy atom. The number of fused-ring (bicyclic) bond motifs is 2. The van der Waals surface area contributed by atoms with Gasteiger partial charge < -0.3 is 4.42 Å². The van der Waals surface area contributed by atoms with Crippen LogP contribution in [-0.4, -0.2) is 9.78 Å². The maximum absolute atomic E-state index is 12.8. The lowest BCUT2D eigenvalue weighted by Crippen LogP contribution is -2.03. The fourth-order valence-corrected chi connectivity index (χ4v) is 2.97. The maximum Gasteiger partial charge on any atom is 0.234 e. The molecule has 0 spiro atoms. The zero-order chi connectivity index (χ0) is 15.3. The molecule has 2 heterocycles. The van der Waals surface area contributed by atoms with E-state index >= 15 is 0 Å². The van der Waals surface area contributed by atoms with E-state index in [2.05, 4.69) is 21.0 Å². The summed E-state index contributed by atoms with van der Waals surface area (Å²) >= 11 is 3.39. The Morgan fingerprint density at radius 3 is 2.68 bits per heavy atom. The molecule has 0 saturated heterocycles. The van der Waals surface area contributed by atoms with Crippen molar-refractivity contribution < 1.29 is 4.42 Å². The van der Waals surface area contributed by atoms with E-state index in [4.69, 9.17) is 4.42 Å². The second kappa shape index (κ2) is 4.81. The van der Waals surface area contributed by atoms with Crippen molar-refractivity contribution in [3.63, 3.8) is 0 Å². The quantitative estimate of drug-likeness (QED) is 0.514. The number of aryl methyl sites for hydroxylation is 1. The highest BCUT2D eigenvalue weighted by atomic mass is 79.9. The molecule has 0 aliphatic rings. The normalized spacial score (nSPS) is 11.4. The Hall–Kier alpha value is -2.40. The van der Waals surface area contributed by atoms with Gasteiger partial charge in [-0.1, -0.05) is 34.1 Å². The molecular formula is C17H11BrN2O2. The molecule has 0 N–H and O–H groups in total. The summed E-state index contributed by atoms with van der Waals surface area (Å²) in [4.78, 5) is 12.8. The summed E-state index contributed by atoms with van der Waals surface area (Å²) in [6.07, 6.45) is 0. The smallest absolute Gasteiger partial charge is 0.234 e. The molecule has 0 fully saturated rings. The highest BCUT2D eigenvalue weighted by molar-refractivity contribution is 9.10. The highest BCUT2D eigenvalue weighted by Crippen LogP contribution is 2.25. The standard InChI is InChI=1S/C17H11BrN2O2/c1-10-15-16(21)13-9-11(18)7-8-14(13)22-17(15)20(19-10)12-5-3-2-4-6-12/h2-9H,1H3. The zero-order valence-corrected chi connectivity index (χ0v) is 13.3. The van der Waals surface area contributed by atoms with Crippen molar-refractivity contribution in [1.29, 1.82) is 0 Å². The molecule has 0 bridgehead atoms. The predicted octanol–water partition coefficient (Wildman–Crippen LogP) is 4.20. The Balaban J connectivity index is 2.17. The minimum Gasteiger partial charge on any atom is -0.437 e. The van der Waals surface area contributed by atoms with Gasteiger partial charge in [0.05, 0.1) is 16.8 Å². The van der Waals surface area contributed by atoms with E-state index in [0.717, 1.165) is 10.2 Å². The Morgan fingerprint density at radius 1 is 1.14 bits per heavy atom. The van der Waals surface area contributed by atoms with Crippen molar-refractivity contribution in [2.45, 2.75) is 6.92 Å². The lowest BCUT2D eigenvalue weighted by Gasteiger charge is -2.03. The molecule has 4 rings (SSSR count). The summed E-state index contributed by atoms with van der Waals surface area (Å²) in [6, 6.07) is 15.1. The van der Waals surface area contributed by atoms with Crippen molar-refractivity contribution in [3.8, 4) is 5.69 Å². The summed E-state index contributed by atoms with van der Waals surface area (Å²) in [5.74, 6) is 0. The molecule has 0 unspecified atom stereocenters. The second-order valence-corrected chi connectivity index (χ2v) is 6.00. The number of rotatable bonds is 1. The summed E-state index contributed by atoms with van der Waals surface area (Å²) in [6.45, 7) is 1.82. The molecule has 5 heteroatoms. The molecule has 0 aliphatic carbocycles. The van der Waals surface area contributed by atoms with Crippen molar-refractivity contribution in [1.82, 2.24) is 9.78 Å². The summed E-state index contributed by atoms with van der Waals surface area (Å²) < 4.78 is 8.49. The molecule has 2 aromatic carbocycles. The van der Waals surface area contributed by atoms with E-state index in [-0.39, 0.29) is 5.43 Å². The van der Waals surface area contributed by atoms with Crippen LogP contribution >= 0.6 is 15.9 Å². The number of nitrogens with zero attached hydrogens (tertiary/aromatic N) is 2. The molecule has 2 aromatic heterocycles. The molecular weight excluding hydrogens is 344 g/mol. The number of aromatic nitrogens is 2. The maximum atomic E-state index is 12.8. The first-order chi connectivity index (χ1) is 10.6. The van der Waals surface area contributed by atoms with Gasteiger partial charge in [0.2, 0.25) is 11.1 Å². The molecule has 0 saturated carbocycles. The second-order valence-electron chi connectivity index (χ2n) is 5.08. The van der Waals surface area contributed by atoms with Gasteiger partial charge in [0, 0.05) is 4.47 Å². The number of hydrogen-bond acceptors (Lipinski definition) is 3. The third-order valence-corrected chi connectivity index (χ3v) is 4.13. The lowest BCUT2D eigenvalue weighted by molar-refractivity contribution is 0.621. The molecule has 4 nitrogen and oxygen atoms in total. The summed E-state index contributed by atoms with van der Waals surface area (Å²) in [5.41, 5.74) is 2.49. The number of halogens is 1. The van der Waals surface area contributed by atoms with Gasteiger partial charge in [0.25, 0.3) is 0 Å². The Bertz CT molecular complexity index is 1060. The predicted molar refractivity (Wildman–Crippen MR) is 89.5 cm³/mol. The first-order valence-electron chi connectivity index (χ1n) is 6.82. The Kier molecular flexibility index (Phi) is 2.90. The van der Waals surface area contributed by atoms with E-state index in [1.165, 1.54) is 0 Å². The van der Waals surface area contributed by atoms with E-state index < -0.39 is 0 Å². The average molecular weight is 355 g/mol. The van der Waals surface area contributed by atoms with Crippen LogP contribution in [0.2, 0.25) is 0 Å². The molecule has 0 aliphatic heterocycles. The van der Waals surface area contributed by atoms with Crippen LogP contribution in [0.25, 0.3) is 27.8 Å². The van der Waals surface area contributed by atoms with Crippen LogP contribution in [0.15, 0.2) is 62.2 Å². The highest BCUT2D eigenvalue weighted by Gasteiger charge is 2.17. The van der Waals surface area contributed by atoms with Crippen molar-refractivity contribution in [2.24, 2.45) is 0 Å². The summed E-state index contributed by atoms with van der Waals surface area (Å²) in [5, 5.41) is 5.55. The third kappa shape index (κ3) is 1.89. The minimum absolute atomic E-state index is 0.0581. The lowest BCUT2D eigenvalue weighted by atomic mass is 10.2. The van der Waals surface area contributed by atoms with Crippen LogP contribution in [0, 0.1) is 6.92 Å². The molecule has 0 radical (unpaired) electrons. The van der Waals surface area contributed by atoms with Crippen LogP contribution in [0.1, 0.15) is 5.69 Å². The zero-order valence-electron chi connectivity index (χ0n) is 11.7. The topological polar surface area (TPSA) is 48.0 Å². The SMILES string of the molecule is Cc1nn(-c2ccccc2)c2oc3ccc(Br)cc3c(=O)c12. The molecule has 0 amide bonds. The van der Waals surface area contributed by atoms with Gasteiger partial charge in [-0.2, -0.15) is 9.78 Å². The molecule has 108 valence electrons. The van der Waals surface area contributed by atoms with E-state index in [1.807, 2.05) is 43.3 Å². The van der Waals surface area contributed by atoms with Gasteiger partial charge in [0.15, 0.2) is 0 Å². The third-order valence-electron chi connectivity index (χ3n) is 3.64.